The van der Waals surface area contributed by atoms with Gasteiger partial charge in [0.2, 0.25) is 11.8 Å². The van der Waals surface area contributed by atoms with Gasteiger partial charge < -0.3 is 10.2 Å². The van der Waals surface area contributed by atoms with Crippen LogP contribution in [0.15, 0.2) is 24.3 Å². The Morgan fingerprint density at radius 1 is 1.26 bits per heavy atom. The maximum Gasteiger partial charge on any atom is 0.226 e. The van der Waals surface area contributed by atoms with Crippen molar-refractivity contribution in [1.29, 1.82) is 0 Å². The van der Waals surface area contributed by atoms with E-state index >= 15 is 0 Å². The highest BCUT2D eigenvalue weighted by Crippen LogP contribution is 2.14. The Bertz CT molecular complexity index is 546. The molecule has 0 radical (unpaired) electrons. The van der Waals surface area contributed by atoms with Crippen LogP contribution in [-0.2, 0) is 16.0 Å². The summed E-state index contributed by atoms with van der Waals surface area (Å²) in [5, 5.41) is 3.09. The summed E-state index contributed by atoms with van der Waals surface area (Å²) >= 11 is 0. The van der Waals surface area contributed by atoms with E-state index in [4.69, 9.17) is 0 Å². The molecule has 1 aromatic rings. The van der Waals surface area contributed by atoms with E-state index in [9.17, 15) is 9.59 Å². The number of carbonyl (C=O) groups is 2. The van der Waals surface area contributed by atoms with Crippen molar-refractivity contribution in [3.63, 3.8) is 0 Å². The van der Waals surface area contributed by atoms with E-state index in [1.165, 1.54) is 5.56 Å². The van der Waals surface area contributed by atoms with Crippen molar-refractivity contribution in [3.05, 3.63) is 35.4 Å². The number of hydrogen-bond acceptors (Lipinski definition) is 2. The number of benzene rings is 1. The monoisotopic (exact) mass is 316 g/mol. The molecule has 1 N–H and O–H groups in total. The number of rotatable bonds is 5. The van der Waals surface area contributed by atoms with E-state index in [0.29, 0.717) is 18.8 Å². The summed E-state index contributed by atoms with van der Waals surface area (Å²) in [6, 6.07) is 8.32. The second kappa shape index (κ2) is 8.14. The largest absolute Gasteiger partial charge is 0.353 e. The fourth-order valence-corrected chi connectivity index (χ4v) is 3.04. The number of nitrogens with zero attached hydrogens (tertiary/aromatic N) is 1. The normalized spacial score (nSPS) is 15.7. The summed E-state index contributed by atoms with van der Waals surface area (Å²) in [7, 11) is 0. The average Bonchev–Trinajstić information content (AvgIpc) is 2.47. The number of amides is 2. The summed E-state index contributed by atoms with van der Waals surface area (Å²) in [6.07, 6.45) is 2.74. The highest BCUT2D eigenvalue weighted by Gasteiger charge is 2.23. The molecule has 4 heteroatoms. The summed E-state index contributed by atoms with van der Waals surface area (Å²) < 4.78 is 0. The second-order valence-corrected chi connectivity index (χ2v) is 6.99. The van der Waals surface area contributed by atoms with E-state index in [2.05, 4.69) is 11.4 Å². The average molecular weight is 316 g/mol. The molecule has 0 aliphatic carbocycles. The van der Waals surface area contributed by atoms with E-state index in [1.54, 1.807) is 0 Å². The maximum atomic E-state index is 12.4. The van der Waals surface area contributed by atoms with Gasteiger partial charge in [-0.05, 0) is 31.2 Å². The predicted octanol–water partition coefficient (Wildman–Crippen LogP) is 2.69. The van der Waals surface area contributed by atoms with Gasteiger partial charge in [-0.2, -0.15) is 0 Å². The van der Waals surface area contributed by atoms with Gasteiger partial charge in [0.05, 0.1) is 6.42 Å². The van der Waals surface area contributed by atoms with E-state index < -0.39 is 0 Å². The zero-order chi connectivity index (χ0) is 16.8. The Kier molecular flexibility index (Phi) is 6.20. The van der Waals surface area contributed by atoms with Crippen LogP contribution in [-0.4, -0.2) is 35.8 Å². The first-order valence-corrected chi connectivity index (χ1v) is 8.56. The second-order valence-electron chi connectivity index (χ2n) is 6.99. The van der Waals surface area contributed by atoms with Crippen LogP contribution in [0.3, 0.4) is 0 Å². The lowest BCUT2D eigenvalue weighted by Gasteiger charge is -2.32. The van der Waals surface area contributed by atoms with Gasteiger partial charge in [0, 0.05) is 25.6 Å². The molecule has 126 valence electrons. The Morgan fingerprint density at radius 3 is 2.57 bits per heavy atom. The fourth-order valence-electron chi connectivity index (χ4n) is 3.04. The zero-order valence-corrected chi connectivity index (χ0v) is 14.5. The molecule has 23 heavy (non-hydrogen) atoms. The molecule has 0 unspecified atom stereocenters. The molecule has 0 saturated carbocycles. The first-order chi connectivity index (χ1) is 10.9. The van der Waals surface area contributed by atoms with Gasteiger partial charge >= 0.3 is 0 Å². The van der Waals surface area contributed by atoms with E-state index in [1.807, 2.05) is 43.9 Å². The van der Waals surface area contributed by atoms with Gasteiger partial charge in [-0.25, -0.2) is 0 Å². The van der Waals surface area contributed by atoms with E-state index in [0.717, 1.165) is 31.5 Å². The predicted molar refractivity (Wildman–Crippen MR) is 92.1 cm³/mol. The molecule has 0 spiro atoms. The third kappa shape index (κ3) is 5.70. The number of piperidine rings is 1. The van der Waals surface area contributed by atoms with Crippen molar-refractivity contribution < 1.29 is 9.59 Å². The van der Waals surface area contributed by atoms with Gasteiger partial charge in [-0.3, -0.25) is 9.59 Å². The Labute approximate surface area is 139 Å². The summed E-state index contributed by atoms with van der Waals surface area (Å²) in [5.74, 6) is 0.693. The Hall–Kier alpha value is -1.84. The smallest absolute Gasteiger partial charge is 0.226 e. The van der Waals surface area contributed by atoms with Crippen molar-refractivity contribution in [3.8, 4) is 0 Å². The molecule has 1 fully saturated rings. The number of hydrogen-bond donors (Lipinski definition) is 1. The number of carbonyl (C=O) groups excluding carboxylic acids is 2. The van der Waals surface area contributed by atoms with Gasteiger partial charge in [-0.1, -0.05) is 43.7 Å². The number of aryl methyl sites for hydroxylation is 1. The number of likely N-dealkylation sites (tertiary alicyclic amines) is 1. The van der Waals surface area contributed by atoms with Gasteiger partial charge in [0.15, 0.2) is 0 Å². The van der Waals surface area contributed by atoms with Crippen LogP contribution < -0.4 is 5.32 Å². The van der Waals surface area contributed by atoms with Crippen molar-refractivity contribution in [1.82, 2.24) is 10.2 Å². The summed E-state index contributed by atoms with van der Waals surface area (Å²) in [5.41, 5.74) is 2.25. The minimum atomic E-state index is 0.129. The molecular weight excluding hydrogens is 288 g/mol. The molecule has 2 amide bonds. The molecule has 0 atom stereocenters. The Morgan fingerprint density at radius 2 is 1.96 bits per heavy atom. The van der Waals surface area contributed by atoms with Crippen molar-refractivity contribution in [2.24, 2.45) is 5.92 Å². The minimum Gasteiger partial charge on any atom is -0.353 e. The molecule has 1 aliphatic rings. The molecule has 1 aromatic carbocycles. The van der Waals surface area contributed by atoms with Gasteiger partial charge in [0.25, 0.3) is 0 Å². The standard InChI is InChI=1S/C19H28N2O2/c1-14(2)11-18(22)20-17-7-9-21(10-8-17)19(23)13-16-6-4-5-15(3)12-16/h4-6,12,14,17H,7-11,13H2,1-3H3,(H,20,22). The summed E-state index contributed by atoms with van der Waals surface area (Å²) in [4.78, 5) is 26.1. The molecule has 1 saturated heterocycles. The quantitative estimate of drug-likeness (QED) is 0.908. The zero-order valence-electron chi connectivity index (χ0n) is 14.5. The van der Waals surface area contributed by atoms with Crippen molar-refractivity contribution in [2.75, 3.05) is 13.1 Å². The maximum absolute atomic E-state index is 12.4. The first kappa shape index (κ1) is 17.5. The van der Waals surface area contributed by atoms with Crippen LogP contribution in [0.2, 0.25) is 0 Å². The first-order valence-electron chi connectivity index (χ1n) is 8.56. The minimum absolute atomic E-state index is 0.129. The third-order valence-electron chi connectivity index (χ3n) is 4.24. The van der Waals surface area contributed by atoms with Gasteiger partial charge in [-0.15, -0.1) is 0 Å². The molecule has 1 aliphatic heterocycles. The molecule has 4 nitrogen and oxygen atoms in total. The fraction of sp³-hybridized carbons (Fsp3) is 0.579. The van der Waals surface area contributed by atoms with Gasteiger partial charge in [0.1, 0.15) is 0 Å². The molecule has 0 aromatic heterocycles. The Balaban J connectivity index is 1.77. The van der Waals surface area contributed by atoms with Crippen LogP contribution in [0.4, 0.5) is 0 Å². The van der Waals surface area contributed by atoms with Crippen LogP contribution in [0.1, 0.15) is 44.2 Å². The van der Waals surface area contributed by atoms with Crippen molar-refractivity contribution >= 4 is 11.8 Å². The van der Waals surface area contributed by atoms with Crippen LogP contribution in [0, 0.1) is 12.8 Å². The van der Waals surface area contributed by atoms with Crippen LogP contribution in [0.5, 0.6) is 0 Å². The lowest BCUT2D eigenvalue weighted by atomic mass is 10.0. The SMILES string of the molecule is Cc1cccc(CC(=O)N2CCC(NC(=O)CC(C)C)CC2)c1. The molecule has 2 rings (SSSR count). The van der Waals surface area contributed by atoms with Crippen LogP contribution in [0.25, 0.3) is 0 Å². The highest BCUT2D eigenvalue weighted by atomic mass is 16.2. The topological polar surface area (TPSA) is 49.4 Å². The van der Waals surface area contributed by atoms with E-state index in [-0.39, 0.29) is 17.9 Å². The van der Waals surface area contributed by atoms with Crippen LogP contribution >= 0.6 is 0 Å². The summed E-state index contributed by atoms with van der Waals surface area (Å²) in [6.45, 7) is 7.60. The number of nitrogens with one attached hydrogen (secondary N) is 1. The molecular formula is C19H28N2O2. The highest BCUT2D eigenvalue weighted by molar-refractivity contribution is 5.79. The molecule has 1 heterocycles. The third-order valence-corrected chi connectivity index (χ3v) is 4.24. The lowest BCUT2D eigenvalue weighted by Crippen LogP contribution is -2.47. The molecule has 0 bridgehead atoms. The van der Waals surface area contributed by atoms with Crippen molar-refractivity contribution in [2.45, 2.75) is 52.5 Å². The lowest BCUT2D eigenvalue weighted by molar-refractivity contribution is -0.131.